The second kappa shape index (κ2) is 6.04. The molecule has 2 aromatic rings. The molecule has 0 aliphatic rings. The van der Waals surface area contributed by atoms with E-state index in [1.54, 1.807) is 0 Å². The van der Waals surface area contributed by atoms with Gasteiger partial charge in [-0.25, -0.2) is 4.98 Å². The van der Waals surface area contributed by atoms with E-state index in [9.17, 15) is 13.2 Å². The Bertz CT molecular complexity index is 520. The van der Waals surface area contributed by atoms with Gasteiger partial charge < -0.3 is 5.32 Å². The molecule has 0 aliphatic heterocycles. The van der Waals surface area contributed by atoms with Crippen LogP contribution in [-0.2, 0) is 12.6 Å². The lowest BCUT2D eigenvalue weighted by molar-refractivity contribution is -0.137. The van der Waals surface area contributed by atoms with Crippen molar-refractivity contribution in [3.8, 4) is 0 Å². The molecule has 0 saturated heterocycles. The van der Waals surface area contributed by atoms with Crippen molar-refractivity contribution in [3.05, 3.63) is 47.5 Å². The first-order chi connectivity index (χ1) is 9.50. The van der Waals surface area contributed by atoms with Gasteiger partial charge in [0, 0.05) is 0 Å². The molecule has 0 radical (unpaired) electrons. The summed E-state index contributed by atoms with van der Waals surface area (Å²) in [6.07, 6.45) is -2.35. The normalized spacial score (nSPS) is 13.4. The first-order valence-corrected chi connectivity index (χ1v) is 6.25. The van der Waals surface area contributed by atoms with Gasteiger partial charge in [0.1, 0.15) is 12.2 Å². The molecule has 20 heavy (non-hydrogen) atoms. The van der Waals surface area contributed by atoms with Gasteiger partial charge in [-0.3, -0.25) is 5.10 Å². The van der Waals surface area contributed by atoms with Crippen LogP contribution < -0.4 is 5.32 Å². The van der Waals surface area contributed by atoms with Gasteiger partial charge in [0.25, 0.3) is 0 Å². The zero-order valence-corrected chi connectivity index (χ0v) is 10.9. The highest BCUT2D eigenvalue weighted by Crippen LogP contribution is 2.29. The van der Waals surface area contributed by atoms with Crippen LogP contribution in [0.25, 0.3) is 0 Å². The number of rotatable bonds is 5. The lowest BCUT2D eigenvalue weighted by atomic mass is 10.0. The van der Waals surface area contributed by atoms with Crippen molar-refractivity contribution >= 4 is 0 Å². The van der Waals surface area contributed by atoms with Crippen molar-refractivity contribution in [2.45, 2.75) is 25.6 Å². The van der Waals surface area contributed by atoms with Crippen LogP contribution in [0.2, 0.25) is 0 Å². The second-order valence-corrected chi connectivity index (χ2v) is 4.38. The van der Waals surface area contributed by atoms with Crippen LogP contribution in [0, 0.1) is 0 Å². The maximum absolute atomic E-state index is 12.5. The Morgan fingerprint density at radius 2 is 1.95 bits per heavy atom. The van der Waals surface area contributed by atoms with E-state index in [0.29, 0.717) is 12.2 Å². The SMILES string of the molecule is CCNC(Cc1ccc(C(F)(F)F)cc1)c1ncn[nH]1. The smallest absolute Gasteiger partial charge is 0.307 e. The number of aromatic nitrogens is 3. The molecule has 1 aromatic heterocycles. The monoisotopic (exact) mass is 284 g/mol. The van der Waals surface area contributed by atoms with Gasteiger partial charge in [0.05, 0.1) is 11.6 Å². The third-order valence-corrected chi connectivity index (χ3v) is 2.94. The minimum atomic E-state index is -4.30. The molecule has 108 valence electrons. The number of halogens is 3. The fourth-order valence-corrected chi connectivity index (χ4v) is 1.96. The van der Waals surface area contributed by atoms with Gasteiger partial charge in [-0.2, -0.15) is 18.3 Å². The summed E-state index contributed by atoms with van der Waals surface area (Å²) >= 11 is 0. The van der Waals surface area contributed by atoms with Crippen LogP contribution in [0.4, 0.5) is 13.2 Å². The summed E-state index contributed by atoms with van der Waals surface area (Å²) in [7, 11) is 0. The van der Waals surface area contributed by atoms with Crippen molar-refractivity contribution in [2.75, 3.05) is 6.54 Å². The summed E-state index contributed by atoms with van der Waals surface area (Å²) in [6.45, 7) is 2.68. The number of alkyl halides is 3. The van der Waals surface area contributed by atoms with Gasteiger partial charge in [0.15, 0.2) is 0 Å². The van der Waals surface area contributed by atoms with Gasteiger partial charge in [-0.1, -0.05) is 19.1 Å². The van der Waals surface area contributed by atoms with E-state index in [-0.39, 0.29) is 6.04 Å². The Labute approximate surface area is 114 Å². The molecule has 0 aliphatic carbocycles. The molecular formula is C13H15F3N4. The van der Waals surface area contributed by atoms with Crippen LogP contribution in [0.1, 0.15) is 29.9 Å². The van der Waals surface area contributed by atoms with Crippen molar-refractivity contribution in [1.82, 2.24) is 20.5 Å². The minimum absolute atomic E-state index is 0.0979. The Hall–Kier alpha value is -1.89. The van der Waals surface area contributed by atoms with Crippen LogP contribution in [0.15, 0.2) is 30.6 Å². The van der Waals surface area contributed by atoms with E-state index >= 15 is 0 Å². The van der Waals surface area contributed by atoms with Crippen molar-refractivity contribution in [2.24, 2.45) is 0 Å². The number of likely N-dealkylation sites (N-methyl/N-ethyl adjacent to an activating group) is 1. The predicted molar refractivity (Wildman–Crippen MR) is 67.9 cm³/mol. The van der Waals surface area contributed by atoms with Gasteiger partial charge >= 0.3 is 6.18 Å². The molecule has 2 rings (SSSR count). The Morgan fingerprint density at radius 1 is 1.25 bits per heavy atom. The average Bonchev–Trinajstić information content (AvgIpc) is 2.91. The number of aromatic amines is 1. The fraction of sp³-hybridized carbons (Fsp3) is 0.385. The molecule has 0 spiro atoms. The zero-order valence-electron chi connectivity index (χ0n) is 10.9. The maximum atomic E-state index is 12.5. The largest absolute Gasteiger partial charge is 0.416 e. The number of hydrogen-bond acceptors (Lipinski definition) is 3. The van der Waals surface area contributed by atoms with E-state index in [0.717, 1.165) is 24.2 Å². The molecule has 0 bridgehead atoms. The lowest BCUT2D eigenvalue weighted by Gasteiger charge is -2.15. The van der Waals surface area contributed by atoms with Crippen molar-refractivity contribution in [1.29, 1.82) is 0 Å². The molecule has 7 heteroatoms. The van der Waals surface area contributed by atoms with E-state index in [1.165, 1.54) is 18.5 Å². The first-order valence-electron chi connectivity index (χ1n) is 6.25. The summed E-state index contributed by atoms with van der Waals surface area (Å²) in [4.78, 5) is 4.08. The number of nitrogens with one attached hydrogen (secondary N) is 2. The molecule has 0 amide bonds. The highest BCUT2D eigenvalue weighted by atomic mass is 19.4. The molecule has 4 nitrogen and oxygen atoms in total. The third-order valence-electron chi connectivity index (χ3n) is 2.94. The summed E-state index contributed by atoms with van der Waals surface area (Å²) < 4.78 is 37.5. The summed E-state index contributed by atoms with van der Waals surface area (Å²) in [5, 5.41) is 9.79. The molecule has 1 aromatic carbocycles. The van der Waals surface area contributed by atoms with Crippen molar-refractivity contribution < 1.29 is 13.2 Å². The van der Waals surface area contributed by atoms with E-state index in [2.05, 4.69) is 20.5 Å². The number of H-pyrrole nitrogens is 1. The van der Waals surface area contributed by atoms with E-state index < -0.39 is 11.7 Å². The summed E-state index contributed by atoms with van der Waals surface area (Å²) in [6, 6.07) is 5.07. The first kappa shape index (κ1) is 14.5. The Balaban J connectivity index is 2.11. The Kier molecular flexibility index (Phi) is 4.39. The lowest BCUT2D eigenvalue weighted by Crippen LogP contribution is -2.24. The number of nitrogens with zero attached hydrogens (tertiary/aromatic N) is 2. The van der Waals surface area contributed by atoms with Gasteiger partial charge in [0.2, 0.25) is 0 Å². The minimum Gasteiger partial charge on any atom is -0.307 e. The van der Waals surface area contributed by atoms with Gasteiger partial charge in [-0.05, 0) is 30.7 Å². The predicted octanol–water partition coefficient (Wildman–Crippen LogP) is 2.72. The highest BCUT2D eigenvalue weighted by molar-refractivity contribution is 5.25. The van der Waals surface area contributed by atoms with Crippen LogP contribution >= 0.6 is 0 Å². The quantitative estimate of drug-likeness (QED) is 0.887. The second-order valence-electron chi connectivity index (χ2n) is 4.38. The van der Waals surface area contributed by atoms with Crippen LogP contribution in [0.5, 0.6) is 0 Å². The third kappa shape index (κ3) is 3.57. The topological polar surface area (TPSA) is 53.6 Å². The molecule has 1 heterocycles. The molecular weight excluding hydrogens is 269 g/mol. The average molecular weight is 284 g/mol. The maximum Gasteiger partial charge on any atom is 0.416 e. The molecule has 0 saturated carbocycles. The van der Waals surface area contributed by atoms with Crippen molar-refractivity contribution in [3.63, 3.8) is 0 Å². The van der Waals surface area contributed by atoms with Crippen LogP contribution in [-0.4, -0.2) is 21.7 Å². The van der Waals surface area contributed by atoms with Gasteiger partial charge in [-0.15, -0.1) is 0 Å². The fourth-order valence-electron chi connectivity index (χ4n) is 1.96. The molecule has 1 unspecified atom stereocenters. The zero-order chi connectivity index (χ0) is 14.6. The molecule has 1 atom stereocenters. The molecule has 2 N–H and O–H groups in total. The summed E-state index contributed by atoms with van der Waals surface area (Å²) in [5.41, 5.74) is 0.168. The van der Waals surface area contributed by atoms with E-state index in [4.69, 9.17) is 0 Å². The molecule has 0 fully saturated rings. The van der Waals surface area contributed by atoms with E-state index in [1.807, 2.05) is 6.92 Å². The van der Waals surface area contributed by atoms with Crippen LogP contribution in [0.3, 0.4) is 0 Å². The standard InChI is InChI=1S/C13H15F3N4/c1-2-17-11(12-18-8-19-20-12)7-9-3-5-10(6-4-9)13(14,15)16/h3-6,8,11,17H,2,7H2,1H3,(H,18,19,20). The number of benzene rings is 1. The number of hydrogen-bond donors (Lipinski definition) is 2. The highest BCUT2D eigenvalue weighted by Gasteiger charge is 2.30. The Morgan fingerprint density at radius 3 is 2.45 bits per heavy atom. The summed E-state index contributed by atoms with van der Waals surface area (Å²) in [5.74, 6) is 0.673.